The standard InChI is InChI=1S/C16H21N3Se/c1-2-5-12-10-13(9-8-11(12)4-1)17-14-6-3-7-15-16(14)19-20-18-15/h3,6-7,11-13,17H,1-2,4-5,8-10H2. The second-order valence-electron chi connectivity index (χ2n) is 6.40. The Balaban J connectivity index is 1.50. The number of anilines is 1. The van der Waals surface area contributed by atoms with Gasteiger partial charge in [0.1, 0.15) is 0 Å². The van der Waals surface area contributed by atoms with Crippen molar-refractivity contribution in [3.8, 4) is 0 Å². The molecule has 1 aromatic carbocycles. The Morgan fingerprint density at radius 3 is 2.85 bits per heavy atom. The van der Waals surface area contributed by atoms with Crippen molar-refractivity contribution in [3.05, 3.63) is 18.2 Å². The molecule has 0 radical (unpaired) electrons. The zero-order chi connectivity index (χ0) is 13.4. The first kappa shape index (κ1) is 12.8. The van der Waals surface area contributed by atoms with Crippen molar-refractivity contribution >= 4 is 31.7 Å². The fourth-order valence-electron chi connectivity index (χ4n) is 4.15. The van der Waals surface area contributed by atoms with Gasteiger partial charge in [-0.2, -0.15) is 0 Å². The van der Waals surface area contributed by atoms with Crippen LogP contribution in [0.3, 0.4) is 0 Å². The van der Waals surface area contributed by atoms with Gasteiger partial charge in [-0.1, -0.05) is 0 Å². The molecule has 0 saturated heterocycles. The molecule has 2 fully saturated rings. The molecule has 2 aliphatic carbocycles. The Hall–Kier alpha value is -0.861. The first-order valence-corrected chi connectivity index (χ1v) is 9.41. The van der Waals surface area contributed by atoms with Crippen LogP contribution >= 0.6 is 0 Å². The third kappa shape index (κ3) is 2.40. The number of aromatic nitrogens is 2. The van der Waals surface area contributed by atoms with Gasteiger partial charge in [-0.15, -0.1) is 0 Å². The predicted molar refractivity (Wildman–Crippen MR) is 83.2 cm³/mol. The molecule has 2 saturated carbocycles. The normalized spacial score (nSPS) is 30.1. The van der Waals surface area contributed by atoms with E-state index in [-0.39, 0.29) is 15.0 Å². The Morgan fingerprint density at radius 1 is 1.00 bits per heavy atom. The summed E-state index contributed by atoms with van der Waals surface area (Å²) in [5, 5.41) is 3.77. The average Bonchev–Trinajstić information content (AvgIpc) is 2.97. The topological polar surface area (TPSA) is 37.8 Å². The van der Waals surface area contributed by atoms with Gasteiger partial charge in [-0.25, -0.2) is 0 Å². The van der Waals surface area contributed by atoms with Gasteiger partial charge in [-0.05, 0) is 0 Å². The summed E-state index contributed by atoms with van der Waals surface area (Å²) in [4.78, 5) is 0. The van der Waals surface area contributed by atoms with Gasteiger partial charge >= 0.3 is 126 Å². The van der Waals surface area contributed by atoms with Crippen molar-refractivity contribution in [2.45, 2.75) is 51.0 Å². The quantitative estimate of drug-likeness (QED) is 0.855. The average molecular weight is 334 g/mol. The van der Waals surface area contributed by atoms with Crippen LogP contribution in [0.4, 0.5) is 5.69 Å². The van der Waals surface area contributed by atoms with E-state index in [1.165, 1.54) is 50.6 Å². The van der Waals surface area contributed by atoms with Crippen molar-refractivity contribution in [1.29, 1.82) is 0 Å². The Morgan fingerprint density at radius 2 is 1.90 bits per heavy atom. The van der Waals surface area contributed by atoms with E-state index in [0.29, 0.717) is 6.04 Å². The first-order chi connectivity index (χ1) is 9.90. The number of nitrogens with one attached hydrogen (secondary N) is 1. The molecule has 3 unspecified atom stereocenters. The fourth-order valence-corrected chi connectivity index (χ4v) is 5.30. The SMILES string of the molecule is c1cc(NC2CCC3CCCCC3C2)c2n[se]nc2c1. The summed E-state index contributed by atoms with van der Waals surface area (Å²) in [5.74, 6) is 1.99. The fraction of sp³-hybridized carbons (Fsp3) is 0.625. The number of hydrogen-bond donors (Lipinski definition) is 1. The summed E-state index contributed by atoms with van der Waals surface area (Å²) in [6, 6.07) is 7.00. The molecule has 20 heavy (non-hydrogen) atoms. The van der Waals surface area contributed by atoms with E-state index in [0.717, 1.165) is 22.9 Å². The van der Waals surface area contributed by atoms with Crippen LogP contribution in [0.5, 0.6) is 0 Å². The number of benzene rings is 1. The summed E-state index contributed by atoms with van der Waals surface area (Å²) in [6.45, 7) is 0. The van der Waals surface area contributed by atoms with Crippen LogP contribution in [0.15, 0.2) is 18.2 Å². The van der Waals surface area contributed by atoms with Gasteiger partial charge < -0.3 is 0 Å². The van der Waals surface area contributed by atoms with Crippen molar-refractivity contribution < 1.29 is 0 Å². The van der Waals surface area contributed by atoms with Gasteiger partial charge in [-0.3, -0.25) is 0 Å². The maximum absolute atomic E-state index is 4.58. The van der Waals surface area contributed by atoms with Crippen molar-refractivity contribution in [2.24, 2.45) is 11.8 Å². The summed E-state index contributed by atoms with van der Waals surface area (Å²) in [7, 11) is 0. The van der Waals surface area contributed by atoms with Gasteiger partial charge in [0.25, 0.3) is 0 Å². The molecule has 1 heterocycles. The minimum atomic E-state index is 0.0706. The van der Waals surface area contributed by atoms with Crippen LogP contribution in [0.2, 0.25) is 0 Å². The number of rotatable bonds is 2. The van der Waals surface area contributed by atoms with Crippen molar-refractivity contribution in [1.82, 2.24) is 7.96 Å². The second-order valence-corrected chi connectivity index (χ2v) is 7.51. The molecule has 0 aliphatic heterocycles. The Bertz CT molecular complexity index is 594. The summed E-state index contributed by atoms with van der Waals surface area (Å²) >= 11 is 0.0706. The first-order valence-electron chi connectivity index (χ1n) is 7.88. The van der Waals surface area contributed by atoms with E-state index >= 15 is 0 Å². The molecule has 3 atom stereocenters. The van der Waals surface area contributed by atoms with Crippen LogP contribution in [0.1, 0.15) is 44.9 Å². The molecule has 1 aromatic heterocycles. The number of hydrogen-bond acceptors (Lipinski definition) is 3. The van der Waals surface area contributed by atoms with Crippen molar-refractivity contribution in [2.75, 3.05) is 5.32 Å². The molecule has 2 aromatic rings. The molecular formula is C16H21N3Se. The molecule has 3 nitrogen and oxygen atoms in total. The van der Waals surface area contributed by atoms with Crippen LogP contribution in [0, 0.1) is 11.8 Å². The molecule has 2 aliphatic rings. The van der Waals surface area contributed by atoms with Gasteiger partial charge in [0.2, 0.25) is 0 Å². The molecular weight excluding hydrogens is 313 g/mol. The zero-order valence-corrected chi connectivity index (χ0v) is 13.4. The molecule has 0 spiro atoms. The molecule has 0 bridgehead atoms. The van der Waals surface area contributed by atoms with Crippen LogP contribution in [-0.2, 0) is 0 Å². The van der Waals surface area contributed by atoms with Crippen LogP contribution in [0.25, 0.3) is 11.0 Å². The Labute approximate surface area is 126 Å². The Kier molecular flexibility index (Phi) is 3.53. The third-order valence-corrected chi connectivity index (χ3v) is 6.32. The molecule has 4 rings (SSSR count). The summed E-state index contributed by atoms with van der Waals surface area (Å²) < 4.78 is 9.05. The van der Waals surface area contributed by atoms with E-state index in [2.05, 4.69) is 31.5 Å². The maximum atomic E-state index is 4.58. The third-order valence-electron chi connectivity index (χ3n) is 5.19. The molecule has 1 N–H and O–H groups in total. The van der Waals surface area contributed by atoms with Gasteiger partial charge in [0.05, 0.1) is 0 Å². The van der Waals surface area contributed by atoms with E-state index in [9.17, 15) is 0 Å². The van der Waals surface area contributed by atoms with E-state index in [4.69, 9.17) is 0 Å². The van der Waals surface area contributed by atoms with Gasteiger partial charge in [0.15, 0.2) is 0 Å². The second kappa shape index (κ2) is 5.50. The van der Waals surface area contributed by atoms with E-state index in [1.807, 2.05) is 0 Å². The monoisotopic (exact) mass is 335 g/mol. The van der Waals surface area contributed by atoms with Gasteiger partial charge in [0, 0.05) is 0 Å². The zero-order valence-electron chi connectivity index (χ0n) is 11.7. The van der Waals surface area contributed by atoms with Crippen LogP contribution < -0.4 is 5.32 Å². The molecule has 106 valence electrons. The minimum absolute atomic E-state index is 0.0706. The van der Waals surface area contributed by atoms with Crippen molar-refractivity contribution in [3.63, 3.8) is 0 Å². The molecule has 4 heteroatoms. The molecule has 0 amide bonds. The van der Waals surface area contributed by atoms with E-state index < -0.39 is 0 Å². The summed E-state index contributed by atoms with van der Waals surface area (Å²) in [6.07, 6.45) is 9.96. The van der Waals surface area contributed by atoms with Crippen LogP contribution in [-0.4, -0.2) is 29.0 Å². The summed E-state index contributed by atoms with van der Waals surface area (Å²) in [5.41, 5.74) is 3.41. The van der Waals surface area contributed by atoms with E-state index in [1.54, 1.807) is 0 Å². The number of fused-ring (bicyclic) bond motifs is 2. The number of nitrogens with zero attached hydrogens (tertiary/aromatic N) is 2. The predicted octanol–water partition coefficient (Wildman–Crippen LogP) is 3.46.